The highest BCUT2D eigenvalue weighted by molar-refractivity contribution is 5.96. The Morgan fingerprint density at radius 2 is 1.83 bits per heavy atom. The number of hydrogen-bond acceptors (Lipinski definition) is 3. The van der Waals surface area contributed by atoms with Crippen molar-refractivity contribution in [2.45, 2.75) is 6.92 Å². The van der Waals surface area contributed by atoms with Crippen LogP contribution in [0.5, 0.6) is 0 Å². The Kier molecular flexibility index (Phi) is 3.05. The third-order valence-electron chi connectivity index (χ3n) is 3.97. The van der Waals surface area contributed by atoms with E-state index in [1.54, 1.807) is 13.1 Å². The SMILES string of the molecule is CC(=O)c1ccc(-c2cnc3[nH]cc(-c4cn[nH]c4)c3c2)cc1. The average Bonchev–Trinajstić information content (AvgIpc) is 3.23. The molecule has 1 aromatic carbocycles. The minimum atomic E-state index is 0.0676. The average molecular weight is 302 g/mol. The van der Waals surface area contributed by atoms with E-state index in [9.17, 15) is 4.79 Å². The number of nitrogens with one attached hydrogen (secondary N) is 2. The van der Waals surface area contributed by atoms with E-state index in [0.29, 0.717) is 5.56 Å². The van der Waals surface area contributed by atoms with Gasteiger partial charge in [-0.2, -0.15) is 5.10 Å². The number of ketones is 1. The van der Waals surface area contributed by atoms with Crippen molar-refractivity contribution in [1.29, 1.82) is 0 Å². The molecule has 3 aromatic heterocycles. The highest BCUT2D eigenvalue weighted by atomic mass is 16.1. The van der Waals surface area contributed by atoms with Crippen molar-refractivity contribution in [3.8, 4) is 22.3 Å². The minimum absolute atomic E-state index is 0.0676. The van der Waals surface area contributed by atoms with Crippen LogP contribution in [-0.4, -0.2) is 25.9 Å². The highest BCUT2D eigenvalue weighted by Crippen LogP contribution is 2.30. The molecule has 0 atom stereocenters. The standard InChI is InChI=1S/C18H14N4O/c1-11(23)12-2-4-13(5-3-12)14-6-16-17(15-8-21-22-9-15)10-20-18(16)19-7-14/h2-10H,1H3,(H,19,20)(H,21,22). The third-order valence-corrected chi connectivity index (χ3v) is 3.97. The maximum absolute atomic E-state index is 11.4. The molecule has 0 aliphatic rings. The quantitative estimate of drug-likeness (QED) is 0.565. The van der Waals surface area contributed by atoms with Crippen LogP contribution >= 0.6 is 0 Å². The van der Waals surface area contributed by atoms with Gasteiger partial charge in [-0.3, -0.25) is 9.89 Å². The fourth-order valence-corrected chi connectivity index (χ4v) is 2.70. The Labute approximate surface area is 132 Å². The van der Waals surface area contributed by atoms with Gasteiger partial charge < -0.3 is 4.98 Å². The normalized spacial score (nSPS) is 11.0. The Hall–Kier alpha value is -3.21. The number of nitrogens with zero attached hydrogens (tertiary/aromatic N) is 2. The number of carbonyl (C=O) groups is 1. The number of benzene rings is 1. The van der Waals surface area contributed by atoms with Gasteiger partial charge in [0.2, 0.25) is 0 Å². The van der Waals surface area contributed by atoms with Gasteiger partial charge in [0.25, 0.3) is 0 Å². The van der Waals surface area contributed by atoms with Crippen LogP contribution in [0.25, 0.3) is 33.3 Å². The summed E-state index contributed by atoms with van der Waals surface area (Å²) < 4.78 is 0. The fraction of sp³-hybridized carbons (Fsp3) is 0.0556. The lowest BCUT2D eigenvalue weighted by atomic mass is 10.0. The minimum Gasteiger partial charge on any atom is -0.346 e. The number of carbonyl (C=O) groups excluding carboxylic acids is 1. The molecule has 0 bridgehead atoms. The molecule has 0 saturated heterocycles. The molecule has 0 aliphatic carbocycles. The largest absolute Gasteiger partial charge is 0.346 e. The van der Waals surface area contributed by atoms with Crippen LogP contribution in [0.15, 0.2) is 55.1 Å². The second-order valence-corrected chi connectivity index (χ2v) is 5.44. The van der Waals surface area contributed by atoms with Gasteiger partial charge >= 0.3 is 0 Å². The molecule has 5 heteroatoms. The smallest absolute Gasteiger partial charge is 0.159 e. The summed E-state index contributed by atoms with van der Waals surface area (Å²) in [4.78, 5) is 19.1. The Morgan fingerprint density at radius 3 is 2.52 bits per heavy atom. The third kappa shape index (κ3) is 2.32. The molecule has 0 spiro atoms. The zero-order valence-corrected chi connectivity index (χ0v) is 12.5. The first-order valence-electron chi connectivity index (χ1n) is 7.30. The van der Waals surface area contributed by atoms with E-state index in [2.05, 4.69) is 26.2 Å². The van der Waals surface area contributed by atoms with Crippen LogP contribution in [0.2, 0.25) is 0 Å². The summed E-state index contributed by atoms with van der Waals surface area (Å²) in [5.74, 6) is 0.0676. The number of hydrogen-bond donors (Lipinski definition) is 2. The van der Waals surface area contributed by atoms with Gasteiger partial charge in [-0.15, -0.1) is 0 Å². The topological polar surface area (TPSA) is 74.4 Å². The van der Waals surface area contributed by atoms with Crippen molar-refractivity contribution < 1.29 is 4.79 Å². The summed E-state index contributed by atoms with van der Waals surface area (Å²) >= 11 is 0. The number of H-pyrrole nitrogens is 2. The van der Waals surface area contributed by atoms with E-state index in [1.807, 2.05) is 42.9 Å². The lowest BCUT2D eigenvalue weighted by molar-refractivity contribution is 0.101. The van der Waals surface area contributed by atoms with Gasteiger partial charge in [0.05, 0.1) is 6.20 Å². The van der Waals surface area contributed by atoms with Crippen molar-refractivity contribution in [2.24, 2.45) is 0 Å². The van der Waals surface area contributed by atoms with Gasteiger partial charge in [-0.25, -0.2) is 4.98 Å². The van der Waals surface area contributed by atoms with E-state index in [4.69, 9.17) is 0 Å². The maximum Gasteiger partial charge on any atom is 0.159 e. The van der Waals surface area contributed by atoms with Gasteiger partial charge in [-0.05, 0) is 18.6 Å². The number of aromatic nitrogens is 4. The van der Waals surface area contributed by atoms with E-state index >= 15 is 0 Å². The van der Waals surface area contributed by atoms with E-state index in [-0.39, 0.29) is 5.78 Å². The van der Waals surface area contributed by atoms with Crippen LogP contribution in [0, 0.1) is 0 Å². The molecule has 5 nitrogen and oxygen atoms in total. The van der Waals surface area contributed by atoms with Gasteiger partial charge in [-0.1, -0.05) is 24.3 Å². The molecule has 0 fully saturated rings. The number of rotatable bonds is 3. The van der Waals surface area contributed by atoms with Crippen LogP contribution in [0.4, 0.5) is 0 Å². The zero-order chi connectivity index (χ0) is 15.8. The highest BCUT2D eigenvalue weighted by Gasteiger charge is 2.10. The molecule has 0 radical (unpaired) electrons. The molecule has 4 rings (SSSR count). The molecule has 4 aromatic rings. The van der Waals surface area contributed by atoms with Crippen molar-refractivity contribution in [3.05, 3.63) is 60.7 Å². The van der Waals surface area contributed by atoms with Gasteiger partial charge in [0.1, 0.15) is 5.65 Å². The zero-order valence-electron chi connectivity index (χ0n) is 12.5. The van der Waals surface area contributed by atoms with Crippen LogP contribution in [0.3, 0.4) is 0 Å². The fourth-order valence-electron chi connectivity index (χ4n) is 2.70. The van der Waals surface area contributed by atoms with Crippen molar-refractivity contribution in [3.63, 3.8) is 0 Å². The van der Waals surface area contributed by atoms with Crippen LogP contribution in [0.1, 0.15) is 17.3 Å². The number of Topliss-reactive ketones (excluding diaryl/α,β-unsaturated/α-hetero) is 1. The molecular weight excluding hydrogens is 288 g/mol. The van der Waals surface area contributed by atoms with Gasteiger partial charge in [0, 0.05) is 46.2 Å². The summed E-state index contributed by atoms with van der Waals surface area (Å²) in [5, 5.41) is 7.87. The van der Waals surface area contributed by atoms with Crippen LogP contribution in [-0.2, 0) is 0 Å². The van der Waals surface area contributed by atoms with Crippen molar-refractivity contribution in [1.82, 2.24) is 20.2 Å². The summed E-state index contributed by atoms with van der Waals surface area (Å²) in [5.41, 5.74) is 5.67. The lowest BCUT2D eigenvalue weighted by Gasteiger charge is -2.03. The Balaban J connectivity index is 1.82. The first-order chi connectivity index (χ1) is 11.2. The second-order valence-electron chi connectivity index (χ2n) is 5.44. The Bertz CT molecular complexity index is 982. The first kappa shape index (κ1) is 13.5. The molecular formula is C18H14N4O. The second kappa shape index (κ2) is 5.21. The number of fused-ring (bicyclic) bond motifs is 1. The number of pyridine rings is 1. The van der Waals surface area contributed by atoms with E-state index in [1.165, 1.54) is 0 Å². The lowest BCUT2D eigenvalue weighted by Crippen LogP contribution is -1.91. The molecule has 112 valence electrons. The molecule has 2 N–H and O–H groups in total. The maximum atomic E-state index is 11.4. The van der Waals surface area contributed by atoms with E-state index < -0.39 is 0 Å². The summed E-state index contributed by atoms with van der Waals surface area (Å²) in [6.45, 7) is 1.57. The summed E-state index contributed by atoms with van der Waals surface area (Å²) in [6.07, 6.45) is 7.42. The predicted octanol–water partition coefficient (Wildman–Crippen LogP) is 3.82. The summed E-state index contributed by atoms with van der Waals surface area (Å²) in [7, 11) is 0. The van der Waals surface area contributed by atoms with Crippen molar-refractivity contribution >= 4 is 16.8 Å². The monoisotopic (exact) mass is 302 g/mol. The molecule has 23 heavy (non-hydrogen) atoms. The summed E-state index contributed by atoms with van der Waals surface area (Å²) in [6, 6.07) is 9.68. The first-order valence-corrected chi connectivity index (χ1v) is 7.30. The molecule has 0 saturated carbocycles. The van der Waals surface area contributed by atoms with E-state index in [0.717, 1.165) is 33.3 Å². The van der Waals surface area contributed by atoms with Crippen LogP contribution < -0.4 is 0 Å². The predicted molar refractivity (Wildman–Crippen MR) is 89.1 cm³/mol. The van der Waals surface area contributed by atoms with Gasteiger partial charge in [0.15, 0.2) is 5.78 Å². The molecule has 3 heterocycles. The molecule has 0 unspecified atom stereocenters. The van der Waals surface area contributed by atoms with Crippen molar-refractivity contribution in [2.75, 3.05) is 0 Å². The molecule has 0 aliphatic heterocycles. The Morgan fingerprint density at radius 1 is 1.00 bits per heavy atom. The molecule has 0 amide bonds. The number of aromatic amines is 2.